The maximum absolute atomic E-state index is 11.7. The fourth-order valence-electron chi connectivity index (χ4n) is 1.37. The molecule has 0 spiro atoms. The van der Waals surface area contributed by atoms with Gasteiger partial charge in [0.2, 0.25) is 0 Å². The van der Waals surface area contributed by atoms with Crippen molar-refractivity contribution in [3.63, 3.8) is 0 Å². The van der Waals surface area contributed by atoms with E-state index >= 15 is 0 Å². The van der Waals surface area contributed by atoms with Crippen LogP contribution in [-0.2, 0) is 19.4 Å². The number of sulfone groups is 1. The molecule has 0 aliphatic carbocycles. The summed E-state index contributed by atoms with van der Waals surface area (Å²) < 4.78 is 28.3. The van der Waals surface area contributed by atoms with Gasteiger partial charge in [0, 0.05) is 12.6 Å². The van der Waals surface area contributed by atoms with Gasteiger partial charge in [0.1, 0.15) is 0 Å². The van der Waals surface area contributed by atoms with Crippen molar-refractivity contribution >= 4 is 15.8 Å². The molecule has 0 fully saturated rings. The quantitative estimate of drug-likeness (QED) is 0.622. The van der Waals surface area contributed by atoms with Crippen molar-refractivity contribution < 1.29 is 17.9 Å². The lowest BCUT2D eigenvalue weighted by atomic mass is 10.3. The van der Waals surface area contributed by atoms with E-state index in [-0.39, 0.29) is 29.6 Å². The molecule has 0 rings (SSSR count). The number of nitrogens with zero attached hydrogens (tertiary/aromatic N) is 1. The molecule has 108 valence electrons. The number of rotatable bonds is 8. The number of hydrogen-bond donors (Lipinski definition) is 0. The Morgan fingerprint density at radius 3 is 2.17 bits per heavy atom. The summed E-state index contributed by atoms with van der Waals surface area (Å²) in [4.78, 5) is 13.2. The highest BCUT2D eigenvalue weighted by molar-refractivity contribution is 7.92. The van der Waals surface area contributed by atoms with E-state index in [0.717, 1.165) is 0 Å². The molecule has 0 saturated carbocycles. The molecule has 0 radical (unpaired) electrons. The zero-order chi connectivity index (χ0) is 14.3. The molecule has 0 aromatic heterocycles. The predicted octanol–water partition coefficient (Wildman–Crippen LogP) is 1.08. The van der Waals surface area contributed by atoms with Crippen molar-refractivity contribution in [3.05, 3.63) is 0 Å². The van der Waals surface area contributed by atoms with Gasteiger partial charge in [0.05, 0.1) is 24.2 Å². The average Bonchev–Trinajstić information content (AvgIpc) is 2.23. The molecule has 0 heterocycles. The van der Waals surface area contributed by atoms with Crippen LogP contribution in [0.5, 0.6) is 0 Å². The van der Waals surface area contributed by atoms with Crippen LogP contribution >= 0.6 is 0 Å². The Bertz CT molecular complexity index is 349. The minimum absolute atomic E-state index is 0.0717. The molecule has 0 aliphatic heterocycles. The first-order valence-corrected chi connectivity index (χ1v) is 8.03. The minimum atomic E-state index is -3.07. The van der Waals surface area contributed by atoms with E-state index in [1.165, 1.54) is 0 Å². The molecule has 18 heavy (non-hydrogen) atoms. The fraction of sp³-hybridized carbons (Fsp3) is 0.917. The highest BCUT2D eigenvalue weighted by Gasteiger charge is 2.20. The standard InChI is InChI=1S/C12H25NO4S/c1-6-17-12(14)9-13(10(2)3)7-8-18(15,16)11(4)5/h10-11H,6-9H2,1-5H3. The van der Waals surface area contributed by atoms with Gasteiger partial charge in [-0.05, 0) is 34.6 Å². The summed E-state index contributed by atoms with van der Waals surface area (Å²) in [5.41, 5.74) is 0. The summed E-state index contributed by atoms with van der Waals surface area (Å²) in [6.07, 6.45) is 0. The lowest BCUT2D eigenvalue weighted by molar-refractivity contribution is -0.144. The lowest BCUT2D eigenvalue weighted by Crippen LogP contribution is -2.40. The third-order valence-corrected chi connectivity index (χ3v) is 4.94. The van der Waals surface area contributed by atoms with Gasteiger partial charge in [0.15, 0.2) is 9.84 Å². The molecule has 0 unspecified atom stereocenters. The maximum Gasteiger partial charge on any atom is 0.320 e. The van der Waals surface area contributed by atoms with Gasteiger partial charge in [-0.2, -0.15) is 0 Å². The molecular formula is C12H25NO4S. The van der Waals surface area contributed by atoms with E-state index in [2.05, 4.69) is 0 Å². The van der Waals surface area contributed by atoms with Crippen LogP contribution in [0.1, 0.15) is 34.6 Å². The maximum atomic E-state index is 11.7. The van der Waals surface area contributed by atoms with Gasteiger partial charge in [-0.15, -0.1) is 0 Å². The number of ether oxygens (including phenoxy) is 1. The van der Waals surface area contributed by atoms with E-state index in [9.17, 15) is 13.2 Å². The van der Waals surface area contributed by atoms with Crippen molar-refractivity contribution in [1.82, 2.24) is 4.90 Å². The van der Waals surface area contributed by atoms with Crippen molar-refractivity contribution in [1.29, 1.82) is 0 Å². The van der Waals surface area contributed by atoms with Crippen LogP contribution in [0.2, 0.25) is 0 Å². The minimum Gasteiger partial charge on any atom is -0.465 e. The summed E-state index contributed by atoms with van der Waals surface area (Å²) in [5.74, 6) is -0.240. The second-order valence-corrected chi connectivity index (χ2v) is 7.46. The van der Waals surface area contributed by atoms with E-state index in [1.807, 2.05) is 18.7 Å². The summed E-state index contributed by atoms with van der Waals surface area (Å²) in [5, 5.41) is -0.380. The van der Waals surface area contributed by atoms with Gasteiger partial charge >= 0.3 is 5.97 Å². The summed E-state index contributed by atoms with van der Waals surface area (Å²) in [7, 11) is -3.07. The zero-order valence-corrected chi connectivity index (χ0v) is 12.8. The Morgan fingerprint density at radius 2 is 1.78 bits per heavy atom. The van der Waals surface area contributed by atoms with Gasteiger partial charge in [-0.1, -0.05) is 0 Å². The Morgan fingerprint density at radius 1 is 1.22 bits per heavy atom. The normalized spacial score (nSPS) is 12.4. The van der Waals surface area contributed by atoms with Crippen molar-refractivity contribution in [3.8, 4) is 0 Å². The fourth-order valence-corrected chi connectivity index (χ4v) is 2.33. The summed E-state index contributed by atoms with van der Waals surface area (Å²) in [6, 6.07) is 0.108. The van der Waals surface area contributed by atoms with Crippen LogP contribution in [0, 0.1) is 0 Å². The van der Waals surface area contributed by atoms with Gasteiger partial charge in [-0.25, -0.2) is 8.42 Å². The molecular weight excluding hydrogens is 254 g/mol. The monoisotopic (exact) mass is 279 g/mol. The third-order valence-electron chi connectivity index (χ3n) is 2.75. The molecule has 0 amide bonds. The second-order valence-electron chi connectivity index (χ2n) is 4.78. The van der Waals surface area contributed by atoms with E-state index in [1.54, 1.807) is 20.8 Å². The van der Waals surface area contributed by atoms with Crippen molar-refractivity contribution in [2.75, 3.05) is 25.4 Å². The van der Waals surface area contributed by atoms with E-state index in [0.29, 0.717) is 13.2 Å². The van der Waals surface area contributed by atoms with Gasteiger partial charge in [-0.3, -0.25) is 9.69 Å². The SMILES string of the molecule is CCOC(=O)CN(CCS(=O)(=O)C(C)C)C(C)C. The van der Waals surface area contributed by atoms with Crippen LogP contribution in [0.3, 0.4) is 0 Å². The average molecular weight is 279 g/mol. The third kappa shape index (κ3) is 6.35. The molecule has 0 N–H and O–H groups in total. The number of carbonyl (C=O) groups excluding carboxylic acids is 1. The molecule has 6 heteroatoms. The number of esters is 1. The van der Waals surface area contributed by atoms with Crippen LogP contribution < -0.4 is 0 Å². The molecule has 0 aromatic rings. The Kier molecular flexibility index (Phi) is 7.47. The first-order valence-electron chi connectivity index (χ1n) is 6.32. The Hall–Kier alpha value is -0.620. The van der Waals surface area contributed by atoms with Crippen LogP contribution in [0.25, 0.3) is 0 Å². The number of hydrogen-bond acceptors (Lipinski definition) is 5. The predicted molar refractivity (Wildman–Crippen MR) is 72.3 cm³/mol. The zero-order valence-electron chi connectivity index (χ0n) is 12.0. The topological polar surface area (TPSA) is 63.7 Å². The van der Waals surface area contributed by atoms with Crippen molar-refractivity contribution in [2.24, 2.45) is 0 Å². The van der Waals surface area contributed by atoms with Gasteiger partial charge in [0.25, 0.3) is 0 Å². The molecule has 0 aliphatic rings. The van der Waals surface area contributed by atoms with Crippen LogP contribution in [-0.4, -0.2) is 56.0 Å². The number of carbonyl (C=O) groups is 1. The van der Waals surface area contributed by atoms with Crippen LogP contribution in [0.15, 0.2) is 0 Å². The van der Waals surface area contributed by atoms with Crippen molar-refractivity contribution in [2.45, 2.75) is 45.9 Å². The smallest absolute Gasteiger partial charge is 0.320 e. The van der Waals surface area contributed by atoms with E-state index < -0.39 is 9.84 Å². The molecule has 0 aromatic carbocycles. The molecule has 0 saturated heterocycles. The molecule has 5 nitrogen and oxygen atoms in total. The van der Waals surface area contributed by atoms with Crippen LogP contribution in [0.4, 0.5) is 0 Å². The van der Waals surface area contributed by atoms with E-state index in [4.69, 9.17) is 4.74 Å². The second kappa shape index (κ2) is 7.74. The first-order chi connectivity index (χ1) is 8.20. The van der Waals surface area contributed by atoms with Gasteiger partial charge < -0.3 is 4.74 Å². The molecule has 0 atom stereocenters. The Balaban J connectivity index is 4.43. The Labute approximate surface area is 110 Å². The largest absolute Gasteiger partial charge is 0.465 e. The highest BCUT2D eigenvalue weighted by atomic mass is 32.2. The lowest BCUT2D eigenvalue weighted by Gasteiger charge is -2.25. The highest BCUT2D eigenvalue weighted by Crippen LogP contribution is 2.04. The summed E-state index contributed by atoms with van der Waals surface area (Å²) >= 11 is 0. The molecule has 0 bridgehead atoms. The first kappa shape index (κ1) is 17.4. The summed E-state index contributed by atoms with van der Waals surface area (Å²) in [6.45, 7) is 9.79.